The summed E-state index contributed by atoms with van der Waals surface area (Å²) in [4.78, 5) is 11.7. The molecule has 0 atom stereocenters. The first-order valence-corrected chi connectivity index (χ1v) is 5.35. The summed E-state index contributed by atoms with van der Waals surface area (Å²) in [7, 11) is 0. The molecule has 0 bridgehead atoms. The van der Waals surface area contributed by atoms with Crippen LogP contribution in [0.1, 0.15) is 23.2 Å². The molecule has 1 aliphatic rings. The van der Waals surface area contributed by atoms with E-state index in [0.717, 1.165) is 22.9 Å². The van der Waals surface area contributed by atoms with Crippen LogP contribution in [0.3, 0.4) is 0 Å². The monoisotopic (exact) mass is 258 g/mol. The van der Waals surface area contributed by atoms with Gasteiger partial charge < -0.3 is 0 Å². The lowest BCUT2D eigenvalue weighted by molar-refractivity contribution is 0.0967. The molecule has 68 valence electrons. The summed E-state index contributed by atoms with van der Waals surface area (Å²) in [5.41, 5.74) is 0.756. The van der Waals surface area contributed by atoms with Gasteiger partial charge in [-0.3, -0.25) is 4.79 Å². The first kappa shape index (κ1) is 9.22. The topological polar surface area (TPSA) is 17.1 Å². The van der Waals surface area contributed by atoms with E-state index in [1.54, 1.807) is 18.2 Å². The second-order valence-electron chi connectivity index (χ2n) is 3.26. The van der Waals surface area contributed by atoms with E-state index >= 15 is 0 Å². The minimum atomic E-state index is 0.239. The van der Waals surface area contributed by atoms with E-state index in [2.05, 4.69) is 15.9 Å². The lowest BCUT2D eigenvalue weighted by Crippen LogP contribution is -2.01. The van der Waals surface area contributed by atoms with Gasteiger partial charge in [0.25, 0.3) is 0 Å². The third kappa shape index (κ3) is 1.94. The van der Waals surface area contributed by atoms with Gasteiger partial charge in [0.1, 0.15) is 0 Å². The molecule has 1 aromatic rings. The number of hydrogen-bond donors (Lipinski definition) is 0. The Morgan fingerprint density at radius 2 is 2.15 bits per heavy atom. The van der Waals surface area contributed by atoms with E-state index in [1.165, 1.54) is 0 Å². The summed E-state index contributed by atoms with van der Waals surface area (Å²) >= 11 is 9.11. The number of rotatable bonds is 2. The van der Waals surface area contributed by atoms with Crippen molar-refractivity contribution in [2.45, 2.75) is 12.8 Å². The molecular formula is C10H8BrClO. The molecule has 0 spiro atoms. The van der Waals surface area contributed by atoms with E-state index in [1.807, 2.05) is 0 Å². The maximum absolute atomic E-state index is 11.7. The molecular weight excluding hydrogens is 251 g/mol. The van der Waals surface area contributed by atoms with Crippen LogP contribution in [0.25, 0.3) is 0 Å². The number of carbonyl (C=O) groups excluding carboxylic acids is 1. The molecule has 0 heterocycles. The Morgan fingerprint density at radius 3 is 2.69 bits per heavy atom. The van der Waals surface area contributed by atoms with Gasteiger partial charge in [-0.05, 0) is 47.0 Å². The molecule has 0 amide bonds. The fourth-order valence-corrected chi connectivity index (χ4v) is 2.13. The van der Waals surface area contributed by atoms with Gasteiger partial charge >= 0.3 is 0 Å². The van der Waals surface area contributed by atoms with Crippen molar-refractivity contribution in [1.82, 2.24) is 0 Å². The number of hydrogen-bond acceptors (Lipinski definition) is 1. The minimum absolute atomic E-state index is 0.239. The molecule has 0 saturated heterocycles. The average molecular weight is 260 g/mol. The maximum Gasteiger partial charge on any atom is 0.167 e. The molecule has 3 heteroatoms. The summed E-state index contributed by atoms with van der Waals surface area (Å²) in [6.07, 6.45) is 2.07. The van der Waals surface area contributed by atoms with E-state index in [-0.39, 0.29) is 11.7 Å². The van der Waals surface area contributed by atoms with Crippen molar-refractivity contribution < 1.29 is 4.79 Å². The Bertz CT molecular complexity index is 358. The Balaban J connectivity index is 2.33. The summed E-state index contributed by atoms with van der Waals surface area (Å²) < 4.78 is 0.803. The van der Waals surface area contributed by atoms with Crippen LogP contribution in [-0.4, -0.2) is 5.78 Å². The van der Waals surface area contributed by atoms with Crippen LogP contribution in [-0.2, 0) is 0 Å². The first-order chi connectivity index (χ1) is 6.18. The van der Waals surface area contributed by atoms with Crippen molar-refractivity contribution in [3.8, 4) is 0 Å². The van der Waals surface area contributed by atoms with Gasteiger partial charge in [0.15, 0.2) is 5.78 Å². The van der Waals surface area contributed by atoms with Crippen molar-refractivity contribution in [2.24, 2.45) is 5.92 Å². The minimum Gasteiger partial charge on any atom is -0.294 e. The predicted molar refractivity (Wildman–Crippen MR) is 56.2 cm³/mol. The molecule has 2 rings (SSSR count). The van der Waals surface area contributed by atoms with E-state index in [0.29, 0.717) is 5.02 Å². The summed E-state index contributed by atoms with van der Waals surface area (Å²) in [6, 6.07) is 5.30. The summed E-state index contributed by atoms with van der Waals surface area (Å²) in [6.45, 7) is 0. The fraction of sp³-hybridized carbons (Fsp3) is 0.300. The van der Waals surface area contributed by atoms with Gasteiger partial charge in [0.05, 0.1) is 0 Å². The van der Waals surface area contributed by atoms with Crippen molar-refractivity contribution in [1.29, 1.82) is 0 Å². The van der Waals surface area contributed by atoms with Crippen LogP contribution in [0.4, 0.5) is 0 Å². The third-order valence-electron chi connectivity index (χ3n) is 2.14. The average Bonchev–Trinajstić information content (AvgIpc) is 2.85. The highest BCUT2D eigenvalue weighted by Crippen LogP contribution is 2.35. The van der Waals surface area contributed by atoms with E-state index in [9.17, 15) is 4.79 Å². The lowest BCUT2D eigenvalue weighted by atomic mass is 10.1. The van der Waals surface area contributed by atoms with Crippen LogP contribution >= 0.6 is 27.5 Å². The van der Waals surface area contributed by atoms with Gasteiger partial charge in [-0.2, -0.15) is 0 Å². The molecule has 0 radical (unpaired) electrons. The fourth-order valence-electron chi connectivity index (χ4n) is 1.25. The van der Waals surface area contributed by atoms with Gasteiger partial charge in [-0.15, -0.1) is 0 Å². The highest BCUT2D eigenvalue weighted by atomic mass is 79.9. The largest absolute Gasteiger partial charge is 0.294 e. The number of Topliss-reactive ketones (excluding diaryl/α,β-unsaturated/α-hetero) is 1. The van der Waals surface area contributed by atoms with Crippen LogP contribution in [0, 0.1) is 5.92 Å². The highest BCUT2D eigenvalue weighted by Gasteiger charge is 2.31. The van der Waals surface area contributed by atoms with Gasteiger partial charge in [-0.1, -0.05) is 11.6 Å². The van der Waals surface area contributed by atoms with Gasteiger partial charge in [-0.25, -0.2) is 0 Å². The molecule has 1 nitrogen and oxygen atoms in total. The normalized spacial score (nSPS) is 15.8. The predicted octanol–water partition coefficient (Wildman–Crippen LogP) is 3.70. The quantitative estimate of drug-likeness (QED) is 0.740. The Kier molecular flexibility index (Phi) is 2.43. The Labute approximate surface area is 90.2 Å². The van der Waals surface area contributed by atoms with Crippen molar-refractivity contribution in [3.63, 3.8) is 0 Å². The number of benzene rings is 1. The zero-order valence-corrected chi connectivity index (χ0v) is 9.23. The van der Waals surface area contributed by atoms with Crippen LogP contribution in [0.5, 0.6) is 0 Å². The van der Waals surface area contributed by atoms with Gasteiger partial charge in [0, 0.05) is 21.0 Å². The van der Waals surface area contributed by atoms with Crippen LogP contribution in [0.2, 0.25) is 5.02 Å². The molecule has 0 aliphatic heterocycles. The molecule has 1 aromatic carbocycles. The zero-order chi connectivity index (χ0) is 9.42. The van der Waals surface area contributed by atoms with Crippen LogP contribution in [0.15, 0.2) is 22.7 Å². The van der Waals surface area contributed by atoms with Gasteiger partial charge in [0.2, 0.25) is 0 Å². The van der Waals surface area contributed by atoms with E-state index < -0.39 is 0 Å². The molecule has 1 fully saturated rings. The SMILES string of the molecule is O=C(c1ccc(Cl)cc1Br)C1CC1. The first-order valence-electron chi connectivity index (χ1n) is 4.18. The third-order valence-corrected chi connectivity index (χ3v) is 3.04. The number of carbonyl (C=O) groups is 1. The molecule has 0 N–H and O–H groups in total. The molecule has 0 unspecified atom stereocenters. The molecule has 0 aromatic heterocycles. The number of halogens is 2. The summed E-state index contributed by atoms with van der Waals surface area (Å²) in [5, 5.41) is 0.652. The number of ketones is 1. The Morgan fingerprint density at radius 1 is 1.46 bits per heavy atom. The second kappa shape index (κ2) is 3.43. The molecule has 1 saturated carbocycles. The van der Waals surface area contributed by atoms with Crippen molar-refractivity contribution >= 4 is 33.3 Å². The zero-order valence-electron chi connectivity index (χ0n) is 6.89. The second-order valence-corrected chi connectivity index (χ2v) is 4.55. The maximum atomic E-state index is 11.7. The van der Waals surface area contributed by atoms with Crippen LogP contribution < -0.4 is 0 Å². The summed E-state index contributed by atoms with van der Waals surface area (Å²) in [5.74, 6) is 0.501. The molecule has 13 heavy (non-hydrogen) atoms. The van der Waals surface area contributed by atoms with E-state index in [4.69, 9.17) is 11.6 Å². The lowest BCUT2D eigenvalue weighted by Gasteiger charge is -2.02. The smallest absolute Gasteiger partial charge is 0.167 e. The molecule has 1 aliphatic carbocycles. The van der Waals surface area contributed by atoms with Crippen molar-refractivity contribution in [2.75, 3.05) is 0 Å². The van der Waals surface area contributed by atoms with Crippen molar-refractivity contribution in [3.05, 3.63) is 33.3 Å². The Hall–Kier alpha value is -0.340. The highest BCUT2D eigenvalue weighted by molar-refractivity contribution is 9.10. The standard InChI is InChI=1S/C10H8BrClO/c11-9-5-7(12)3-4-8(9)10(13)6-1-2-6/h3-6H,1-2H2.